The Morgan fingerprint density at radius 3 is 2.83 bits per heavy atom. The van der Waals surface area contributed by atoms with E-state index in [4.69, 9.17) is 4.74 Å². The van der Waals surface area contributed by atoms with Gasteiger partial charge in [0.25, 0.3) is 0 Å². The van der Waals surface area contributed by atoms with Crippen LogP contribution in [0.4, 0.5) is 4.39 Å². The van der Waals surface area contributed by atoms with Crippen molar-refractivity contribution in [3.8, 4) is 0 Å². The number of nitrogens with one attached hydrogen (secondary N) is 1. The highest BCUT2D eigenvalue weighted by atomic mass is 19.1. The average molecular weight is 253 g/mol. The third-order valence-electron chi connectivity index (χ3n) is 2.88. The van der Waals surface area contributed by atoms with Crippen LogP contribution in [-0.2, 0) is 4.74 Å². The SMILES string of the molecule is CCCNC(CCCOCC)c1cccc(F)c1. The van der Waals surface area contributed by atoms with Gasteiger partial charge in [-0.15, -0.1) is 0 Å². The molecule has 3 heteroatoms. The molecule has 1 aromatic carbocycles. The van der Waals surface area contributed by atoms with Crippen LogP contribution in [0.2, 0.25) is 0 Å². The molecule has 102 valence electrons. The zero-order valence-electron chi connectivity index (χ0n) is 11.4. The standard InChI is InChI=1S/C15H24FNO/c1-3-10-17-15(9-6-11-18-4-2)13-7-5-8-14(16)12-13/h5,7-8,12,15,17H,3-4,6,9-11H2,1-2H3. The van der Waals surface area contributed by atoms with Crippen molar-refractivity contribution in [1.29, 1.82) is 0 Å². The number of hydrogen-bond donors (Lipinski definition) is 1. The van der Waals surface area contributed by atoms with E-state index in [0.717, 1.165) is 44.6 Å². The van der Waals surface area contributed by atoms with Crippen molar-refractivity contribution in [1.82, 2.24) is 5.32 Å². The molecular weight excluding hydrogens is 229 g/mol. The number of rotatable bonds is 9. The van der Waals surface area contributed by atoms with Crippen molar-refractivity contribution in [3.05, 3.63) is 35.6 Å². The topological polar surface area (TPSA) is 21.3 Å². The van der Waals surface area contributed by atoms with Gasteiger partial charge in [-0.2, -0.15) is 0 Å². The first-order valence-corrected chi connectivity index (χ1v) is 6.84. The smallest absolute Gasteiger partial charge is 0.123 e. The van der Waals surface area contributed by atoms with Crippen molar-refractivity contribution < 1.29 is 9.13 Å². The molecule has 0 amide bonds. The van der Waals surface area contributed by atoms with Gasteiger partial charge in [0.2, 0.25) is 0 Å². The summed E-state index contributed by atoms with van der Waals surface area (Å²) in [5, 5.41) is 3.47. The van der Waals surface area contributed by atoms with Gasteiger partial charge in [-0.1, -0.05) is 19.1 Å². The number of halogens is 1. The fourth-order valence-corrected chi connectivity index (χ4v) is 1.96. The van der Waals surface area contributed by atoms with Crippen LogP contribution in [0, 0.1) is 5.82 Å². The maximum Gasteiger partial charge on any atom is 0.123 e. The third-order valence-corrected chi connectivity index (χ3v) is 2.88. The monoisotopic (exact) mass is 253 g/mol. The summed E-state index contributed by atoms with van der Waals surface area (Å²) in [5.74, 6) is -0.166. The van der Waals surface area contributed by atoms with Crippen LogP contribution < -0.4 is 5.32 Å². The van der Waals surface area contributed by atoms with Crippen molar-refractivity contribution >= 4 is 0 Å². The van der Waals surface area contributed by atoms with Crippen LogP contribution in [-0.4, -0.2) is 19.8 Å². The van der Waals surface area contributed by atoms with Gasteiger partial charge >= 0.3 is 0 Å². The molecule has 0 bridgehead atoms. The Labute approximate surface area is 110 Å². The van der Waals surface area contributed by atoms with E-state index < -0.39 is 0 Å². The lowest BCUT2D eigenvalue weighted by Crippen LogP contribution is -2.22. The lowest BCUT2D eigenvalue weighted by Gasteiger charge is -2.19. The second-order valence-electron chi connectivity index (χ2n) is 4.40. The minimum absolute atomic E-state index is 0.166. The van der Waals surface area contributed by atoms with Gasteiger partial charge in [0.15, 0.2) is 0 Å². The Hall–Kier alpha value is -0.930. The highest BCUT2D eigenvalue weighted by molar-refractivity contribution is 5.20. The number of hydrogen-bond acceptors (Lipinski definition) is 2. The van der Waals surface area contributed by atoms with E-state index in [1.54, 1.807) is 12.1 Å². The fourth-order valence-electron chi connectivity index (χ4n) is 1.96. The van der Waals surface area contributed by atoms with Crippen molar-refractivity contribution in [2.24, 2.45) is 0 Å². The maximum atomic E-state index is 13.2. The highest BCUT2D eigenvalue weighted by Crippen LogP contribution is 2.19. The van der Waals surface area contributed by atoms with Gasteiger partial charge < -0.3 is 10.1 Å². The molecule has 18 heavy (non-hydrogen) atoms. The van der Waals surface area contributed by atoms with Crippen LogP contribution in [0.25, 0.3) is 0 Å². The van der Waals surface area contributed by atoms with Gasteiger partial charge in [0, 0.05) is 19.3 Å². The zero-order valence-corrected chi connectivity index (χ0v) is 11.4. The Balaban J connectivity index is 2.54. The molecule has 0 heterocycles. The van der Waals surface area contributed by atoms with Gasteiger partial charge in [0.1, 0.15) is 5.82 Å². The molecule has 0 saturated heterocycles. The second-order valence-corrected chi connectivity index (χ2v) is 4.40. The van der Waals surface area contributed by atoms with E-state index in [2.05, 4.69) is 12.2 Å². The fraction of sp³-hybridized carbons (Fsp3) is 0.600. The van der Waals surface area contributed by atoms with Gasteiger partial charge in [-0.3, -0.25) is 0 Å². The summed E-state index contributed by atoms with van der Waals surface area (Å²) in [6, 6.07) is 7.08. The Bertz CT molecular complexity index is 330. The summed E-state index contributed by atoms with van der Waals surface area (Å²) >= 11 is 0. The zero-order chi connectivity index (χ0) is 13.2. The minimum Gasteiger partial charge on any atom is -0.382 e. The van der Waals surface area contributed by atoms with E-state index in [9.17, 15) is 4.39 Å². The van der Waals surface area contributed by atoms with Gasteiger partial charge in [0.05, 0.1) is 0 Å². The molecule has 0 aliphatic rings. The normalized spacial score (nSPS) is 12.6. The largest absolute Gasteiger partial charge is 0.382 e. The minimum atomic E-state index is -0.166. The molecule has 0 fully saturated rings. The molecule has 0 aliphatic carbocycles. The molecular formula is C15H24FNO. The van der Waals surface area contributed by atoms with Crippen molar-refractivity contribution in [2.45, 2.75) is 39.2 Å². The molecule has 1 N–H and O–H groups in total. The lowest BCUT2D eigenvalue weighted by atomic mass is 10.0. The van der Waals surface area contributed by atoms with Crippen LogP contribution in [0.15, 0.2) is 24.3 Å². The van der Waals surface area contributed by atoms with Crippen LogP contribution in [0.1, 0.15) is 44.7 Å². The molecule has 1 aromatic rings. The predicted octanol–water partition coefficient (Wildman–Crippen LogP) is 3.68. The average Bonchev–Trinajstić information content (AvgIpc) is 2.38. The second kappa shape index (κ2) is 9.06. The Morgan fingerprint density at radius 2 is 2.17 bits per heavy atom. The van der Waals surface area contributed by atoms with Crippen LogP contribution >= 0.6 is 0 Å². The molecule has 1 unspecified atom stereocenters. The van der Waals surface area contributed by atoms with Gasteiger partial charge in [-0.05, 0) is 50.4 Å². The first-order chi connectivity index (χ1) is 8.77. The van der Waals surface area contributed by atoms with Crippen molar-refractivity contribution in [2.75, 3.05) is 19.8 Å². The molecule has 1 atom stereocenters. The Morgan fingerprint density at radius 1 is 1.33 bits per heavy atom. The predicted molar refractivity (Wildman–Crippen MR) is 73.2 cm³/mol. The third kappa shape index (κ3) is 5.61. The summed E-state index contributed by atoms with van der Waals surface area (Å²) < 4.78 is 18.6. The Kier molecular flexibility index (Phi) is 7.62. The molecule has 0 spiro atoms. The molecule has 1 rings (SSSR count). The lowest BCUT2D eigenvalue weighted by molar-refractivity contribution is 0.141. The first-order valence-electron chi connectivity index (χ1n) is 6.84. The number of benzene rings is 1. The van der Waals surface area contributed by atoms with E-state index in [-0.39, 0.29) is 11.9 Å². The molecule has 0 saturated carbocycles. The van der Waals surface area contributed by atoms with E-state index >= 15 is 0 Å². The summed E-state index contributed by atoms with van der Waals surface area (Å²) in [7, 11) is 0. The summed E-state index contributed by atoms with van der Waals surface area (Å²) in [5.41, 5.74) is 1.03. The molecule has 0 aliphatic heterocycles. The maximum absolute atomic E-state index is 13.2. The van der Waals surface area contributed by atoms with Crippen molar-refractivity contribution in [3.63, 3.8) is 0 Å². The molecule has 0 radical (unpaired) electrons. The molecule has 0 aromatic heterocycles. The first kappa shape index (κ1) is 15.1. The summed E-state index contributed by atoms with van der Waals surface area (Å²) in [6.45, 7) is 6.62. The summed E-state index contributed by atoms with van der Waals surface area (Å²) in [6.07, 6.45) is 3.05. The van der Waals surface area contributed by atoms with Gasteiger partial charge in [-0.25, -0.2) is 4.39 Å². The van der Waals surface area contributed by atoms with Crippen LogP contribution in [0.3, 0.4) is 0 Å². The van der Waals surface area contributed by atoms with E-state index in [1.807, 2.05) is 13.0 Å². The quantitative estimate of drug-likeness (QED) is 0.678. The molecule has 2 nitrogen and oxygen atoms in total. The van der Waals surface area contributed by atoms with Crippen LogP contribution in [0.5, 0.6) is 0 Å². The highest BCUT2D eigenvalue weighted by Gasteiger charge is 2.10. The van der Waals surface area contributed by atoms with E-state index in [1.165, 1.54) is 6.07 Å². The number of ether oxygens (including phenoxy) is 1. The van der Waals surface area contributed by atoms with E-state index in [0.29, 0.717) is 0 Å². The summed E-state index contributed by atoms with van der Waals surface area (Å²) in [4.78, 5) is 0.